The lowest BCUT2D eigenvalue weighted by Crippen LogP contribution is -2.44. The van der Waals surface area contributed by atoms with Crippen molar-refractivity contribution in [2.45, 2.75) is 52.1 Å². The van der Waals surface area contributed by atoms with Gasteiger partial charge in [0.2, 0.25) is 0 Å². The van der Waals surface area contributed by atoms with E-state index < -0.39 is 0 Å². The molecule has 0 saturated carbocycles. The summed E-state index contributed by atoms with van der Waals surface area (Å²) < 4.78 is 5.33. The molecule has 1 atom stereocenters. The maximum atomic E-state index is 5.33. The van der Waals surface area contributed by atoms with Gasteiger partial charge < -0.3 is 15.2 Å². The summed E-state index contributed by atoms with van der Waals surface area (Å²) in [5.41, 5.74) is 0.990. The number of hydrogen-bond acceptors (Lipinski definition) is 4. The summed E-state index contributed by atoms with van der Waals surface area (Å²) in [6.07, 6.45) is 2.56. The molecule has 124 valence electrons. The molecule has 1 fully saturated rings. The van der Waals surface area contributed by atoms with Gasteiger partial charge in [0, 0.05) is 25.7 Å². The summed E-state index contributed by atoms with van der Waals surface area (Å²) in [5.74, 6) is 2.03. The first kappa shape index (κ1) is 16.8. The quantitative estimate of drug-likeness (QED) is 0.621. The Bertz CT molecular complexity index is 483. The van der Waals surface area contributed by atoms with Gasteiger partial charge in [-0.25, -0.2) is 0 Å². The number of nitrogens with one attached hydrogen (secondary N) is 2. The van der Waals surface area contributed by atoms with E-state index in [0.717, 1.165) is 30.5 Å². The minimum absolute atomic E-state index is 0.386. The molecule has 6 heteroatoms. The third-order valence-corrected chi connectivity index (χ3v) is 4.23. The standard InChI is InChI=1S/C16H29N5O/c1-5-21-8-6-7-13(21)10-18-16(17-4)19-11-14-9-15(12(2)3)20-22-14/h9,12-13H,5-8,10-11H2,1-4H3,(H2,17,18,19). The van der Waals surface area contributed by atoms with Gasteiger partial charge in [0.05, 0.1) is 12.2 Å². The number of likely N-dealkylation sites (tertiary alicyclic amines) is 1. The van der Waals surface area contributed by atoms with Crippen LogP contribution in [0.3, 0.4) is 0 Å². The number of likely N-dealkylation sites (N-methyl/N-ethyl adjacent to an activating group) is 1. The van der Waals surface area contributed by atoms with Crippen LogP contribution in [0.15, 0.2) is 15.6 Å². The lowest BCUT2D eigenvalue weighted by Gasteiger charge is -2.23. The Balaban J connectivity index is 1.77. The van der Waals surface area contributed by atoms with E-state index in [4.69, 9.17) is 4.52 Å². The summed E-state index contributed by atoms with van der Waals surface area (Å²) in [6, 6.07) is 2.61. The van der Waals surface area contributed by atoms with Gasteiger partial charge in [-0.15, -0.1) is 0 Å². The number of aliphatic imine (C=N–C) groups is 1. The number of rotatable bonds is 6. The van der Waals surface area contributed by atoms with Gasteiger partial charge in [-0.1, -0.05) is 25.9 Å². The molecule has 0 aliphatic carbocycles. The molecule has 2 heterocycles. The van der Waals surface area contributed by atoms with Crippen molar-refractivity contribution in [1.29, 1.82) is 0 Å². The Kier molecular flexibility index (Phi) is 6.24. The molecule has 2 rings (SSSR count). The predicted molar refractivity (Wildman–Crippen MR) is 89.1 cm³/mol. The molecule has 1 saturated heterocycles. The zero-order valence-electron chi connectivity index (χ0n) is 14.2. The summed E-state index contributed by atoms with van der Waals surface area (Å²) in [5, 5.41) is 10.8. The SMILES string of the molecule is CCN1CCCC1CNC(=NC)NCc1cc(C(C)C)no1. The van der Waals surface area contributed by atoms with Crippen LogP contribution in [-0.4, -0.2) is 48.7 Å². The monoisotopic (exact) mass is 307 g/mol. The van der Waals surface area contributed by atoms with Gasteiger partial charge in [-0.3, -0.25) is 9.89 Å². The topological polar surface area (TPSA) is 65.7 Å². The van der Waals surface area contributed by atoms with Crippen molar-refractivity contribution in [2.75, 3.05) is 26.7 Å². The van der Waals surface area contributed by atoms with Crippen molar-refractivity contribution in [3.8, 4) is 0 Å². The van der Waals surface area contributed by atoms with Crippen LogP contribution in [0.1, 0.15) is 51.0 Å². The largest absolute Gasteiger partial charge is 0.359 e. The summed E-state index contributed by atoms with van der Waals surface area (Å²) in [7, 11) is 1.79. The zero-order chi connectivity index (χ0) is 15.9. The Hall–Kier alpha value is -1.56. The van der Waals surface area contributed by atoms with Crippen LogP contribution in [0.4, 0.5) is 0 Å². The molecular formula is C16H29N5O. The third-order valence-electron chi connectivity index (χ3n) is 4.23. The van der Waals surface area contributed by atoms with E-state index in [-0.39, 0.29) is 0 Å². The molecule has 0 aromatic carbocycles. The second-order valence-electron chi connectivity index (χ2n) is 6.10. The number of hydrogen-bond donors (Lipinski definition) is 2. The number of aromatic nitrogens is 1. The highest BCUT2D eigenvalue weighted by Gasteiger charge is 2.22. The van der Waals surface area contributed by atoms with Crippen molar-refractivity contribution in [3.05, 3.63) is 17.5 Å². The highest BCUT2D eigenvalue weighted by Crippen LogP contribution is 2.15. The van der Waals surface area contributed by atoms with Crippen LogP contribution in [0.2, 0.25) is 0 Å². The second kappa shape index (κ2) is 8.17. The molecule has 1 aromatic rings. The molecule has 22 heavy (non-hydrogen) atoms. The maximum absolute atomic E-state index is 5.33. The van der Waals surface area contributed by atoms with E-state index >= 15 is 0 Å². The fourth-order valence-corrected chi connectivity index (χ4v) is 2.83. The average Bonchev–Trinajstić information content (AvgIpc) is 3.16. The molecule has 0 bridgehead atoms. The first-order chi connectivity index (χ1) is 10.6. The fraction of sp³-hybridized carbons (Fsp3) is 0.750. The van der Waals surface area contributed by atoms with Crippen molar-refractivity contribution in [1.82, 2.24) is 20.7 Å². The van der Waals surface area contributed by atoms with Crippen LogP contribution in [0.25, 0.3) is 0 Å². The van der Waals surface area contributed by atoms with Crippen molar-refractivity contribution >= 4 is 5.96 Å². The van der Waals surface area contributed by atoms with E-state index in [9.17, 15) is 0 Å². The molecule has 0 radical (unpaired) electrons. The lowest BCUT2D eigenvalue weighted by molar-refractivity contribution is 0.267. The van der Waals surface area contributed by atoms with Crippen molar-refractivity contribution in [2.24, 2.45) is 4.99 Å². The molecule has 0 amide bonds. The molecule has 6 nitrogen and oxygen atoms in total. The Morgan fingerprint density at radius 3 is 2.95 bits per heavy atom. The second-order valence-corrected chi connectivity index (χ2v) is 6.10. The van der Waals surface area contributed by atoms with Crippen LogP contribution in [-0.2, 0) is 6.54 Å². The van der Waals surface area contributed by atoms with Crippen molar-refractivity contribution < 1.29 is 4.52 Å². The highest BCUT2D eigenvalue weighted by atomic mass is 16.5. The fourth-order valence-electron chi connectivity index (χ4n) is 2.83. The van der Waals surface area contributed by atoms with E-state index in [0.29, 0.717) is 18.5 Å². The van der Waals surface area contributed by atoms with Gasteiger partial charge in [0.1, 0.15) is 0 Å². The minimum atomic E-state index is 0.386. The Morgan fingerprint density at radius 1 is 1.50 bits per heavy atom. The van der Waals surface area contributed by atoms with E-state index in [1.165, 1.54) is 19.4 Å². The van der Waals surface area contributed by atoms with Gasteiger partial charge in [-0.05, 0) is 31.8 Å². The van der Waals surface area contributed by atoms with Gasteiger partial charge in [-0.2, -0.15) is 0 Å². The minimum Gasteiger partial charge on any atom is -0.359 e. The smallest absolute Gasteiger partial charge is 0.191 e. The van der Waals surface area contributed by atoms with E-state index in [2.05, 4.69) is 46.5 Å². The Labute approximate surface area is 133 Å². The predicted octanol–water partition coefficient (Wildman–Crippen LogP) is 1.95. The average molecular weight is 307 g/mol. The molecular weight excluding hydrogens is 278 g/mol. The highest BCUT2D eigenvalue weighted by molar-refractivity contribution is 5.79. The van der Waals surface area contributed by atoms with Crippen molar-refractivity contribution in [3.63, 3.8) is 0 Å². The molecule has 1 aliphatic heterocycles. The van der Waals surface area contributed by atoms with Crippen LogP contribution < -0.4 is 10.6 Å². The molecule has 1 unspecified atom stereocenters. The maximum Gasteiger partial charge on any atom is 0.191 e. The zero-order valence-corrected chi connectivity index (χ0v) is 14.2. The summed E-state index contributed by atoms with van der Waals surface area (Å²) in [4.78, 5) is 6.79. The van der Waals surface area contributed by atoms with Crippen LogP contribution in [0.5, 0.6) is 0 Å². The Morgan fingerprint density at radius 2 is 2.32 bits per heavy atom. The first-order valence-corrected chi connectivity index (χ1v) is 8.28. The van der Waals surface area contributed by atoms with Gasteiger partial charge in [0.25, 0.3) is 0 Å². The molecule has 1 aliphatic rings. The molecule has 1 aromatic heterocycles. The van der Waals surface area contributed by atoms with Crippen LogP contribution >= 0.6 is 0 Å². The number of nitrogens with zero attached hydrogens (tertiary/aromatic N) is 3. The van der Waals surface area contributed by atoms with Gasteiger partial charge in [0.15, 0.2) is 11.7 Å². The van der Waals surface area contributed by atoms with Crippen LogP contribution in [0, 0.1) is 0 Å². The van der Waals surface area contributed by atoms with Gasteiger partial charge >= 0.3 is 0 Å². The summed E-state index contributed by atoms with van der Waals surface area (Å²) >= 11 is 0. The normalized spacial score (nSPS) is 19.9. The molecule has 2 N–H and O–H groups in total. The first-order valence-electron chi connectivity index (χ1n) is 8.28. The summed E-state index contributed by atoms with van der Waals surface area (Å²) in [6.45, 7) is 10.3. The van der Waals surface area contributed by atoms with E-state index in [1.807, 2.05) is 6.07 Å². The number of guanidine groups is 1. The lowest BCUT2D eigenvalue weighted by atomic mass is 10.1. The third kappa shape index (κ3) is 4.47. The molecule has 0 spiro atoms. The van der Waals surface area contributed by atoms with E-state index in [1.54, 1.807) is 7.05 Å².